The van der Waals surface area contributed by atoms with Crippen LogP contribution in [0.4, 0.5) is 0 Å². The molecule has 1 aliphatic heterocycles. The van der Waals surface area contributed by atoms with Gasteiger partial charge in [-0.25, -0.2) is 4.79 Å². The summed E-state index contributed by atoms with van der Waals surface area (Å²) in [4.78, 5) is 15.8. The Labute approximate surface area is 151 Å². The third-order valence-electron chi connectivity index (χ3n) is 3.65. The highest BCUT2D eigenvalue weighted by molar-refractivity contribution is 7.85. The van der Waals surface area contributed by atoms with Crippen LogP contribution in [0.25, 0.3) is 0 Å². The molecule has 1 aromatic carbocycles. The Morgan fingerprint density at radius 2 is 2.08 bits per heavy atom. The highest BCUT2D eigenvalue weighted by Crippen LogP contribution is 2.37. The first-order valence-corrected chi connectivity index (χ1v) is 8.51. The second kappa shape index (κ2) is 7.81. The van der Waals surface area contributed by atoms with Crippen LogP contribution in [0, 0.1) is 0 Å². The lowest BCUT2D eigenvalue weighted by atomic mass is 10.1. The lowest BCUT2D eigenvalue weighted by molar-refractivity contribution is 0.0499. The molecule has 2 atom stereocenters. The molecule has 0 saturated heterocycles. The fraction of sp³-hybridized carbons (Fsp3) is 0.294. The molecule has 2 unspecified atom stereocenters. The highest BCUT2D eigenvalue weighted by Gasteiger charge is 2.21. The van der Waals surface area contributed by atoms with E-state index in [2.05, 4.69) is 30.2 Å². The first-order valence-electron chi connectivity index (χ1n) is 7.48. The Morgan fingerprint density at radius 1 is 1.25 bits per heavy atom. The van der Waals surface area contributed by atoms with Crippen LogP contribution in [0.5, 0.6) is 11.5 Å². The molecule has 7 heteroatoms. The predicted molar refractivity (Wildman–Crippen MR) is 96.2 cm³/mol. The molecule has 0 aliphatic carbocycles. The van der Waals surface area contributed by atoms with Crippen molar-refractivity contribution in [1.29, 1.82) is 0 Å². The van der Waals surface area contributed by atoms with Crippen LogP contribution in [0.1, 0.15) is 27.6 Å². The van der Waals surface area contributed by atoms with E-state index < -0.39 is 0 Å². The van der Waals surface area contributed by atoms with E-state index in [1.54, 1.807) is 18.3 Å². The minimum atomic E-state index is -0.387. The molecular weight excluding hydrogens is 346 g/mol. The third-order valence-corrected chi connectivity index (χ3v) is 5.10. The molecule has 2 aromatic rings. The van der Waals surface area contributed by atoms with Gasteiger partial charge in [-0.15, -0.1) is 0 Å². The summed E-state index contributed by atoms with van der Waals surface area (Å²) in [6.45, 7) is 0.508. The van der Waals surface area contributed by atoms with Crippen molar-refractivity contribution in [2.75, 3.05) is 13.4 Å². The SMILES string of the molecule is O=C(OCCC(S)C(S)c1ccc2c(c1)OCO2)c1cccnc1. The standard InChI is InChI=1S/C17H17NO4S2/c19-17(12-2-1-6-18-9-12)20-7-5-15(23)16(24)11-3-4-13-14(8-11)22-10-21-13/h1-4,6,8-9,15-16,23-24H,5,7,10H2. The van der Waals surface area contributed by atoms with E-state index in [-0.39, 0.29) is 29.9 Å². The van der Waals surface area contributed by atoms with E-state index in [0.717, 1.165) is 17.1 Å². The summed E-state index contributed by atoms with van der Waals surface area (Å²) >= 11 is 9.21. The maximum absolute atomic E-state index is 11.9. The summed E-state index contributed by atoms with van der Waals surface area (Å²) in [6.07, 6.45) is 3.67. The maximum atomic E-state index is 11.9. The van der Waals surface area contributed by atoms with Gasteiger partial charge in [0.15, 0.2) is 11.5 Å². The average molecular weight is 363 g/mol. The molecule has 0 amide bonds. The van der Waals surface area contributed by atoms with Crippen molar-refractivity contribution in [3.8, 4) is 11.5 Å². The minimum absolute atomic E-state index is 0.0737. The van der Waals surface area contributed by atoms with Crippen LogP contribution < -0.4 is 9.47 Å². The number of ether oxygens (including phenoxy) is 3. The van der Waals surface area contributed by atoms with Crippen molar-refractivity contribution in [2.24, 2.45) is 0 Å². The Morgan fingerprint density at radius 3 is 2.88 bits per heavy atom. The molecule has 3 rings (SSSR count). The number of pyridine rings is 1. The first-order chi connectivity index (χ1) is 11.6. The molecular formula is C17H17NO4S2. The molecule has 1 aromatic heterocycles. The Bertz CT molecular complexity index is 711. The number of carbonyl (C=O) groups is 1. The van der Waals surface area contributed by atoms with Gasteiger partial charge in [-0.3, -0.25) is 4.98 Å². The Kier molecular flexibility index (Phi) is 5.52. The number of aromatic nitrogens is 1. The van der Waals surface area contributed by atoms with E-state index in [1.807, 2.05) is 18.2 Å². The van der Waals surface area contributed by atoms with Gasteiger partial charge >= 0.3 is 5.97 Å². The van der Waals surface area contributed by atoms with E-state index in [0.29, 0.717) is 12.0 Å². The summed E-state index contributed by atoms with van der Waals surface area (Å²) in [5.74, 6) is 1.07. The number of carbonyl (C=O) groups excluding carboxylic acids is 1. The molecule has 2 heterocycles. The van der Waals surface area contributed by atoms with Gasteiger partial charge in [0, 0.05) is 22.9 Å². The second-order valence-electron chi connectivity index (χ2n) is 5.29. The zero-order valence-electron chi connectivity index (χ0n) is 12.8. The van der Waals surface area contributed by atoms with Crippen molar-refractivity contribution in [1.82, 2.24) is 4.98 Å². The van der Waals surface area contributed by atoms with Crippen molar-refractivity contribution < 1.29 is 19.0 Å². The van der Waals surface area contributed by atoms with Gasteiger partial charge in [-0.2, -0.15) is 25.3 Å². The molecule has 0 bridgehead atoms. The van der Waals surface area contributed by atoms with E-state index >= 15 is 0 Å². The van der Waals surface area contributed by atoms with Crippen LogP contribution >= 0.6 is 25.3 Å². The summed E-state index contributed by atoms with van der Waals surface area (Å²) in [7, 11) is 0. The van der Waals surface area contributed by atoms with E-state index in [4.69, 9.17) is 14.2 Å². The quantitative estimate of drug-likeness (QED) is 0.609. The second-order valence-corrected chi connectivity index (χ2v) is 6.51. The van der Waals surface area contributed by atoms with Gasteiger partial charge in [0.2, 0.25) is 6.79 Å². The van der Waals surface area contributed by atoms with Crippen molar-refractivity contribution >= 4 is 31.2 Å². The third kappa shape index (κ3) is 3.96. The molecule has 1 aliphatic rings. The zero-order valence-corrected chi connectivity index (χ0v) is 14.6. The lowest BCUT2D eigenvalue weighted by Gasteiger charge is -2.19. The molecule has 0 N–H and O–H groups in total. The molecule has 126 valence electrons. The monoisotopic (exact) mass is 363 g/mol. The zero-order chi connectivity index (χ0) is 16.9. The number of thiol groups is 2. The summed E-state index contributed by atoms with van der Waals surface area (Å²) in [5, 5.41) is -0.185. The minimum Gasteiger partial charge on any atom is -0.462 e. The van der Waals surface area contributed by atoms with Crippen LogP contribution in [-0.4, -0.2) is 29.6 Å². The fourth-order valence-electron chi connectivity index (χ4n) is 2.32. The van der Waals surface area contributed by atoms with Gasteiger partial charge in [-0.05, 0) is 36.2 Å². The summed E-state index contributed by atoms with van der Waals surface area (Å²) in [6, 6.07) is 9.08. The smallest absolute Gasteiger partial charge is 0.339 e. The molecule has 0 fully saturated rings. The van der Waals surface area contributed by atoms with E-state index in [1.165, 1.54) is 6.20 Å². The molecule has 0 saturated carbocycles. The number of rotatable bonds is 6. The number of nitrogens with zero attached hydrogens (tertiary/aromatic N) is 1. The average Bonchev–Trinajstić information content (AvgIpc) is 3.09. The summed E-state index contributed by atoms with van der Waals surface area (Å²) < 4.78 is 15.9. The molecule has 0 radical (unpaired) electrons. The highest BCUT2D eigenvalue weighted by atomic mass is 32.1. The fourth-order valence-corrected chi connectivity index (χ4v) is 2.90. The topological polar surface area (TPSA) is 57.7 Å². The van der Waals surface area contributed by atoms with Gasteiger partial charge in [-0.1, -0.05) is 6.07 Å². The van der Waals surface area contributed by atoms with Gasteiger partial charge in [0.05, 0.1) is 12.2 Å². The van der Waals surface area contributed by atoms with Gasteiger partial charge in [0.1, 0.15) is 0 Å². The predicted octanol–water partition coefficient (Wildman–Crippen LogP) is 3.33. The number of fused-ring (bicyclic) bond motifs is 1. The van der Waals surface area contributed by atoms with E-state index in [9.17, 15) is 4.79 Å². The Balaban J connectivity index is 1.51. The number of hydrogen-bond donors (Lipinski definition) is 2. The lowest BCUT2D eigenvalue weighted by Crippen LogP contribution is -2.14. The van der Waals surface area contributed by atoms with Gasteiger partial charge in [0.25, 0.3) is 0 Å². The van der Waals surface area contributed by atoms with Gasteiger partial charge < -0.3 is 14.2 Å². The number of benzene rings is 1. The maximum Gasteiger partial charge on any atom is 0.339 e. The van der Waals surface area contributed by atoms with Crippen molar-refractivity contribution in [2.45, 2.75) is 16.9 Å². The van der Waals surface area contributed by atoms with Crippen LogP contribution in [-0.2, 0) is 4.74 Å². The van der Waals surface area contributed by atoms with Crippen LogP contribution in [0.15, 0.2) is 42.7 Å². The normalized spacial score (nSPS) is 14.9. The van der Waals surface area contributed by atoms with Crippen molar-refractivity contribution in [3.05, 3.63) is 53.9 Å². The van der Waals surface area contributed by atoms with Crippen molar-refractivity contribution in [3.63, 3.8) is 0 Å². The Hall–Kier alpha value is -1.86. The number of esters is 1. The molecule has 5 nitrogen and oxygen atoms in total. The summed E-state index contributed by atoms with van der Waals surface area (Å²) in [5.41, 5.74) is 1.42. The largest absolute Gasteiger partial charge is 0.462 e. The van der Waals surface area contributed by atoms with Crippen LogP contribution in [0.3, 0.4) is 0 Å². The van der Waals surface area contributed by atoms with Crippen LogP contribution in [0.2, 0.25) is 0 Å². The molecule has 24 heavy (non-hydrogen) atoms. The molecule has 0 spiro atoms. The first kappa shape index (κ1) is 17.0. The number of hydrogen-bond acceptors (Lipinski definition) is 7.